The number of rotatable bonds is 6. The fraction of sp³-hybridized carbons (Fsp3) is 0.429. The molecule has 0 aromatic heterocycles. The van der Waals surface area contributed by atoms with Crippen molar-refractivity contribution in [3.05, 3.63) is 35.9 Å². The number of carboxylic acids is 1. The van der Waals surface area contributed by atoms with Gasteiger partial charge in [0.25, 0.3) is 0 Å². The standard InChI is InChI=1S/C14H19NO3/c1-3-13(16)15(9-11(2)14(17)18)10-12-7-5-4-6-8-12/h4-8,11H,3,9-10H2,1-2H3,(H,17,18)/t11-/m0/s1. The first-order valence-electron chi connectivity index (χ1n) is 6.09. The first-order valence-corrected chi connectivity index (χ1v) is 6.09. The van der Waals surface area contributed by atoms with Crippen LogP contribution in [0.25, 0.3) is 0 Å². The quantitative estimate of drug-likeness (QED) is 0.840. The number of aliphatic carboxylic acids is 1. The number of carbonyl (C=O) groups is 2. The van der Waals surface area contributed by atoms with E-state index in [0.29, 0.717) is 13.0 Å². The van der Waals surface area contributed by atoms with Gasteiger partial charge in [0.1, 0.15) is 0 Å². The van der Waals surface area contributed by atoms with Crippen molar-refractivity contribution in [2.24, 2.45) is 5.92 Å². The second-order valence-electron chi connectivity index (χ2n) is 4.35. The van der Waals surface area contributed by atoms with Crippen LogP contribution in [0.2, 0.25) is 0 Å². The van der Waals surface area contributed by atoms with Gasteiger partial charge in [-0.3, -0.25) is 9.59 Å². The third-order valence-electron chi connectivity index (χ3n) is 2.79. The minimum absolute atomic E-state index is 0.0213. The lowest BCUT2D eigenvalue weighted by atomic mass is 10.1. The smallest absolute Gasteiger partial charge is 0.308 e. The number of hydrogen-bond acceptors (Lipinski definition) is 2. The van der Waals surface area contributed by atoms with Crippen molar-refractivity contribution in [1.29, 1.82) is 0 Å². The summed E-state index contributed by atoms with van der Waals surface area (Å²) in [5.41, 5.74) is 1.01. The molecule has 0 unspecified atom stereocenters. The van der Waals surface area contributed by atoms with Crippen molar-refractivity contribution in [2.75, 3.05) is 6.54 Å². The summed E-state index contributed by atoms with van der Waals surface area (Å²) < 4.78 is 0. The van der Waals surface area contributed by atoms with Crippen molar-refractivity contribution < 1.29 is 14.7 Å². The Labute approximate surface area is 107 Å². The van der Waals surface area contributed by atoms with E-state index in [9.17, 15) is 9.59 Å². The van der Waals surface area contributed by atoms with E-state index in [2.05, 4.69) is 0 Å². The molecule has 0 aliphatic heterocycles. The van der Waals surface area contributed by atoms with Crippen LogP contribution in [0.3, 0.4) is 0 Å². The summed E-state index contributed by atoms with van der Waals surface area (Å²) in [4.78, 5) is 24.3. The van der Waals surface area contributed by atoms with Gasteiger partial charge in [-0.15, -0.1) is 0 Å². The number of nitrogens with zero attached hydrogens (tertiary/aromatic N) is 1. The van der Waals surface area contributed by atoms with Gasteiger partial charge in [-0.05, 0) is 5.56 Å². The van der Waals surface area contributed by atoms with E-state index < -0.39 is 11.9 Å². The molecule has 4 heteroatoms. The lowest BCUT2D eigenvalue weighted by Gasteiger charge is -2.24. The van der Waals surface area contributed by atoms with Crippen LogP contribution in [-0.2, 0) is 16.1 Å². The zero-order valence-corrected chi connectivity index (χ0v) is 10.8. The Kier molecular flexibility index (Phi) is 5.36. The van der Waals surface area contributed by atoms with Crippen molar-refractivity contribution in [3.63, 3.8) is 0 Å². The molecular weight excluding hydrogens is 230 g/mol. The Balaban J connectivity index is 2.73. The molecule has 0 saturated carbocycles. The molecule has 0 heterocycles. The maximum Gasteiger partial charge on any atom is 0.308 e. The van der Waals surface area contributed by atoms with E-state index in [-0.39, 0.29) is 12.5 Å². The van der Waals surface area contributed by atoms with Gasteiger partial charge >= 0.3 is 5.97 Å². The molecule has 0 aliphatic carbocycles. The predicted octanol–water partition coefficient (Wildman–Crippen LogP) is 2.15. The van der Waals surface area contributed by atoms with Gasteiger partial charge in [0.15, 0.2) is 0 Å². The molecule has 0 radical (unpaired) electrons. The molecule has 98 valence electrons. The maximum atomic E-state index is 11.8. The Morgan fingerprint density at radius 2 is 1.89 bits per heavy atom. The minimum Gasteiger partial charge on any atom is -0.481 e. The molecule has 18 heavy (non-hydrogen) atoms. The topological polar surface area (TPSA) is 57.6 Å². The maximum absolute atomic E-state index is 11.8. The average Bonchev–Trinajstić information content (AvgIpc) is 2.38. The van der Waals surface area contributed by atoms with Gasteiger partial charge in [0.2, 0.25) is 5.91 Å². The molecule has 0 bridgehead atoms. The lowest BCUT2D eigenvalue weighted by Crippen LogP contribution is -2.36. The van der Waals surface area contributed by atoms with E-state index in [0.717, 1.165) is 5.56 Å². The highest BCUT2D eigenvalue weighted by Gasteiger charge is 2.19. The third kappa shape index (κ3) is 4.20. The number of amides is 1. The van der Waals surface area contributed by atoms with Crippen LogP contribution in [0.15, 0.2) is 30.3 Å². The van der Waals surface area contributed by atoms with E-state index in [4.69, 9.17) is 5.11 Å². The monoisotopic (exact) mass is 249 g/mol. The number of carbonyl (C=O) groups excluding carboxylic acids is 1. The molecule has 0 aliphatic rings. The van der Waals surface area contributed by atoms with Crippen LogP contribution in [0, 0.1) is 5.92 Å². The summed E-state index contributed by atoms with van der Waals surface area (Å²) in [6.07, 6.45) is 0.388. The van der Waals surface area contributed by atoms with Crippen LogP contribution in [-0.4, -0.2) is 28.4 Å². The highest BCUT2D eigenvalue weighted by atomic mass is 16.4. The van der Waals surface area contributed by atoms with Crippen LogP contribution in [0.4, 0.5) is 0 Å². The van der Waals surface area contributed by atoms with Crippen LogP contribution in [0.1, 0.15) is 25.8 Å². The second-order valence-corrected chi connectivity index (χ2v) is 4.35. The molecule has 1 atom stereocenters. The van der Waals surface area contributed by atoms with Crippen molar-refractivity contribution >= 4 is 11.9 Å². The average molecular weight is 249 g/mol. The van der Waals surface area contributed by atoms with Crippen molar-refractivity contribution in [2.45, 2.75) is 26.8 Å². The predicted molar refractivity (Wildman–Crippen MR) is 68.9 cm³/mol. The molecule has 1 amide bonds. The number of carboxylic acid groups (broad SMARTS) is 1. The molecule has 4 nitrogen and oxygen atoms in total. The lowest BCUT2D eigenvalue weighted by molar-refractivity contribution is -0.143. The Morgan fingerprint density at radius 1 is 1.28 bits per heavy atom. The van der Waals surface area contributed by atoms with E-state index in [1.165, 1.54) is 0 Å². The molecule has 0 spiro atoms. The molecule has 1 aromatic carbocycles. The Hall–Kier alpha value is -1.84. The van der Waals surface area contributed by atoms with E-state index in [1.54, 1.807) is 18.7 Å². The van der Waals surface area contributed by atoms with Crippen LogP contribution < -0.4 is 0 Å². The summed E-state index contributed by atoms with van der Waals surface area (Å²) in [6, 6.07) is 9.59. The molecule has 0 saturated heterocycles. The summed E-state index contributed by atoms with van der Waals surface area (Å²) in [7, 11) is 0. The minimum atomic E-state index is -0.878. The summed E-state index contributed by atoms with van der Waals surface area (Å²) in [6.45, 7) is 4.11. The molecule has 0 fully saturated rings. The normalized spacial score (nSPS) is 11.9. The third-order valence-corrected chi connectivity index (χ3v) is 2.79. The first kappa shape index (κ1) is 14.2. The van der Waals surface area contributed by atoms with Crippen LogP contribution >= 0.6 is 0 Å². The largest absolute Gasteiger partial charge is 0.481 e. The fourth-order valence-electron chi connectivity index (χ4n) is 1.69. The van der Waals surface area contributed by atoms with Gasteiger partial charge in [-0.1, -0.05) is 44.2 Å². The molecule has 1 N–H and O–H groups in total. The van der Waals surface area contributed by atoms with Gasteiger partial charge < -0.3 is 10.0 Å². The summed E-state index contributed by atoms with van der Waals surface area (Å²) >= 11 is 0. The van der Waals surface area contributed by atoms with Gasteiger partial charge in [0.05, 0.1) is 5.92 Å². The summed E-state index contributed by atoms with van der Waals surface area (Å²) in [5.74, 6) is -1.45. The van der Waals surface area contributed by atoms with Gasteiger partial charge in [-0.25, -0.2) is 0 Å². The van der Waals surface area contributed by atoms with Crippen LogP contribution in [0.5, 0.6) is 0 Å². The number of benzene rings is 1. The van der Waals surface area contributed by atoms with E-state index >= 15 is 0 Å². The zero-order valence-electron chi connectivity index (χ0n) is 10.8. The Morgan fingerprint density at radius 3 is 2.39 bits per heavy atom. The first-order chi connectivity index (χ1) is 8.54. The fourth-order valence-corrected chi connectivity index (χ4v) is 1.69. The molecule has 1 aromatic rings. The highest BCUT2D eigenvalue weighted by molar-refractivity contribution is 5.77. The molecular formula is C14H19NO3. The number of hydrogen-bond donors (Lipinski definition) is 1. The molecule has 1 rings (SSSR count). The summed E-state index contributed by atoms with van der Waals surface area (Å²) in [5, 5.41) is 8.91. The highest BCUT2D eigenvalue weighted by Crippen LogP contribution is 2.09. The Bertz CT molecular complexity index is 403. The van der Waals surface area contributed by atoms with Crippen molar-refractivity contribution in [1.82, 2.24) is 4.90 Å². The SMILES string of the molecule is CCC(=O)N(Cc1ccccc1)C[C@H](C)C(=O)O. The van der Waals surface area contributed by atoms with Gasteiger partial charge in [-0.2, -0.15) is 0 Å². The van der Waals surface area contributed by atoms with Crippen molar-refractivity contribution in [3.8, 4) is 0 Å². The van der Waals surface area contributed by atoms with Gasteiger partial charge in [0, 0.05) is 19.5 Å². The zero-order chi connectivity index (χ0) is 13.5. The van der Waals surface area contributed by atoms with E-state index in [1.807, 2.05) is 30.3 Å². The second kappa shape index (κ2) is 6.79.